The molecule has 0 nitrogen and oxygen atoms in total. The highest BCUT2D eigenvalue weighted by Crippen LogP contribution is 2.57. The second-order valence-electron chi connectivity index (χ2n) is 14.8. The SMILES string of the molecule is CC1(C)c2ccccc2-c2cc3c(sc4ccc5ccccc5c43)c(-c3ccc(-c4c5ccccc5c(-c5ccccc5)c5ccccc45)cc3)c21. The maximum atomic E-state index is 2.51. The Morgan fingerprint density at radius 2 is 0.923 bits per heavy atom. The molecule has 0 fully saturated rings. The summed E-state index contributed by atoms with van der Waals surface area (Å²) in [6.45, 7) is 4.83. The van der Waals surface area contributed by atoms with Gasteiger partial charge in [-0.25, -0.2) is 0 Å². The van der Waals surface area contributed by atoms with Crippen LogP contribution >= 0.6 is 11.3 Å². The molecule has 0 spiro atoms. The van der Waals surface area contributed by atoms with Crippen LogP contribution < -0.4 is 0 Å². The van der Waals surface area contributed by atoms with E-state index in [4.69, 9.17) is 0 Å². The van der Waals surface area contributed by atoms with Gasteiger partial charge in [0.1, 0.15) is 0 Å². The molecule has 11 rings (SSSR count). The van der Waals surface area contributed by atoms with Crippen molar-refractivity contribution in [1.29, 1.82) is 0 Å². The second-order valence-corrected chi connectivity index (χ2v) is 15.8. The summed E-state index contributed by atoms with van der Waals surface area (Å²) in [5.41, 5.74) is 13.2. The van der Waals surface area contributed by atoms with Gasteiger partial charge in [0, 0.05) is 31.2 Å². The van der Waals surface area contributed by atoms with Crippen LogP contribution in [0, 0.1) is 0 Å². The van der Waals surface area contributed by atoms with E-state index in [1.54, 1.807) is 0 Å². The minimum Gasteiger partial charge on any atom is -0.134 e. The van der Waals surface area contributed by atoms with Crippen LogP contribution in [0.4, 0.5) is 0 Å². The Bertz CT molecular complexity index is 3010. The fourth-order valence-electron chi connectivity index (χ4n) is 9.37. The smallest absolute Gasteiger partial charge is 0.0437 e. The number of benzene rings is 9. The molecule has 244 valence electrons. The van der Waals surface area contributed by atoms with Crippen molar-refractivity contribution < 1.29 is 0 Å². The quantitative estimate of drug-likeness (QED) is 0.163. The molecule has 1 aliphatic rings. The van der Waals surface area contributed by atoms with Gasteiger partial charge in [0.25, 0.3) is 0 Å². The third kappa shape index (κ3) is 4.09. The zero-order valence-electron chi connectivity index (χ0n) is 29.1. The molecule has 52 heavy (non-hydrogen) atoms. The molecular weight excluding hydrogens is 645 g/mol. The highest BCUT2D eigenvalue weighted by Gasteiger charge is 2.39. The summed E-state index contributed by atoms with van der Waals surface area (Å²) in [6.07, 6.45) is 0. The van der Waals surface area contributed by atoms with Crippen molar-refractivity contribution >= 4 is 63.8 Å². The number of hydrogen-bond acceptors (Lipinski definition) is 1. The van der Waals surface area contributed by atoms with Crippen LogP contribution in [0.15, 0.2) is 170 Å². The third-order valence-electron chi connectivity index (χ3n) is 11.6. The lowest BCUT2D eigenvalue weighted by atomic mass is 9.78. The molecule has 0 unspecified atom stereocenters. The lowest BCUT2D eigenvalue weighted by Crippen LogP contribution is -2.16. The van der Waals surface area contributed by atoms with Gasteiger partial charge >= 0.3 is 0 Å². The maximum absolute atomic E-state index is 2.51. The first-order valence-corrected chi connectivity index (χ1v) is 19.0. The van der Waals surface area contributed by atoms with E-state index in [1.807, 2.05) is 11.3 Å². The lowest BCUT2D eigenvalue weighted by Gasteiger charge is -2.25. The van der Waals surface area contributed by atoms with Gasteiger partial charge in [-0.1, -0.05) is 172 Å². The van der Waals surface area contributed by atoms with Crippen LogP contribution in [0.25, 0.3) is 97.0 Å². The zero-order valence-corrected chi connectivity index (χ0v) is 29.9. The fourth-order valence-corrected chi connectivity index (χ4v) is 10.6. The molecule has 0 N–H and O–H groups in total. The topological polar surface area (TPSA) is 0 Å². The molecule has 0 bridgehead atoms. The van der Waals surface area contributed by atoms with Gasteiger partial charge in [0.05, 0.1) is 0 Å². The van der Waals surface area contributed by atoms with Crippen LogP contribution in [0.5, 0.6) is 0 Å². The molecule has 0 amide bonds. The van der Waals surface area contributed by atoms with Gasteiger partial charge in [-0.2, -0.15) is 0 Å². The first-order valence-electron chi connectivity index (χ1n) is 18.2. The van der Waals surface area contributed by atoms with E-state index < -0.39 is 0 Å². The molecule has 9 aromatic carbocycles. The van der Waals surface area contributed by atoms with E-state index in [9.17, 15) is 0 Å². The minimum atomic E-state index is -0.133. The van der Waals surface area contributed by atoms with Crippen LogP contribution in [-0.4, -0.2) is 0 Å². The number of thiophene rings is 1. The summed E-state index contributed by atoms with van der Waals surface area (Å²) in [5.74, 6) is 0. The number of hydrogen-bond donors (Lipinski definition) is 0. The highest BCUT2D eigenvalue weighted by molar-refractivity contribution is 7.26. The highest BCUT2D eigenvalue weighted by atomic mass is 32.1. The summed E-state index contributed by atoms with van der Waals surface area (Å²) in [5, 5.41) is 10.5. The Labute approximate surface area is 307 Å². The third-order valence-corrected chi connectivity index (χ3v) is 12.8. The van der Waals surface area contributed by atoms with Gasteiger partial charge in [-0.15, -0.1) is 11.3 Å². The van der Waals surface area contributed by atoms with E-state index in [-0.39, 0.29) is 5.41 Å². The predicted octanol–water partition coefficient (Wildman–Crippen LogP) is 14.8. The summed E-state index contributed by atoms with van der Waals surface area (Å²) >= 11 is 1.95. The summed E-state index contributed by atoms with van der Waals surface area (Å²) in [4.78, 5) is 0. The zero-order chi connectivity index (χ0) is 34.6. The first kappa shape index (κ1) is 29.7. The van der Waals surface area contributed by atoms with Crippen LogP contribution in [0.3, 0.4) is 0 Å². The molecule has 1 aromatic heterocycles. The Hall–Kier alpha value is -6.02. The molecule has 10 aromatic rings. The van der Waals surface area contributed by atoms with Gasteiger partial charge in [0.15, 0.2) is 0 Å². The molecule has 1 heteroatoms. The standard InChI is InChI=1S/C51H34S/c1-51(2)43-23-13-12-18-36(43)41-30-42-48-35-17-7-6-14-31(35)28-29-44(48)52-50(42)47(49(41)51)34-26-24-33(25-27-34)46-39-21-10-8-19-37(39)45(32-15-4-3-5-16-32)38-20-9-11-22-40(38)46/h3-30H,1-2H3. The van der Waals surface area contributed by atoms with Crippen LogP contribution in [0.2, 0.25) is 0 Å². The molecule has 0 radical (unpaired) electrons. The van der Waals surface area contributed by atoms with Crippen LogP contribution in [0.1, 0.15) is 25.0 Å². The maximum Gasteiger partial charge on any atom is 0.0437 e. The normalized spacial score (nSPS) is 13.3. The van der Waals surface area contributed by atoms with E-state index in [1.165, 1.54) is 108 Å². The van der Waals surface area contributed by atoms with Crippen molar-refractivity contribution in [3.05, 3.63) is 181 Å². The van der Waals surface area contributed by atoms with Crippen LogP contribution in [-0.2, 0) is 5.41 Å². The van der Waals surface area contributed by atoms with E-state index in [0.717, 1.165) is 0 Å². The van der Waals surface area contributed by atoms with Gasteiger partial charge in [-0.3, -0.25) is 0 Å². The average molecular weight is 679 g/mol. The van der Waals surface area contributed by atoms with Gasteiger partial charge in [-0.05, 0) is 94.5 Å². The minimum absolute atomic E-state index is 0.133. The van der Waals surface area contributed by atoms with Crippen molar-refractivity contribution in [3.8, 4) is 44.5 Å². The molecule has 0 saturated heterocycles. The molecule has 0 atom stereocenters. The van der Waals surface area contributed by atoms with Gasteiger partial charge in [0.2, 0.25) is 0 Å². The molecule has 0 saturated carbocycles. The van der Waals surface area contributed by atoms with E-state index >= 15 is 0 Å². The second kappa shape index (κ2) is 11.0. The van der Waals surface area contributed by atoms with E-state index in [0.29, 0.717) is 0 Å². The Balaban J connectivity index is 1.19. The summed E-state index contributed by atoms with van der Waals surface area (Å²) < 4.78 is 2.72. The molecule has 0 aliphatic heterocycles. The van der Waals surface area contributed by atoms with Crippen molar-refractivity contribution in [1.82, 2.24) is 0 Å². The lowest BCUT2D eigenvalue weighted by molar-refractivity contribution is 0.663. The Kier molecular flexibility index (Phi) is 6.27. The number of fused-ring (bicyclic) bond motifs is 10. The van der Waals surface area contributed by atoms with Crippen molar-refractivity contribution in [2.45, 2.75) is 19.3 Å². The monoisotopic (exact) mass is 678 g/mol. The summed E-state index contributed by atoms with van der Waals surface area (Å²) in [6, 6.07) is 63.3. The van der Waals surface area contributed by atoms with E-state index in [2.05, 4.69) is 184 Å². The van der Waals surface area contributed by atoms with Crippen molar-refractivity contribution in [2.24, 2.45) is 0 Å². The molecule has 1 heterocycles. The number of rotatable bonds is 3. The van der Waals surface area contributed by atoms with Crippen molar-refractivity contribution in [2.75, 3.05) is 0 Å². The van der Waals surface area contributed by atoms with Crippen molar-refractivity contribution in [3.63, 3.8) is 0 Å². The largest absolute Gasteiger partial charge is 0.134 e. The fraction of sp³-hybridized carbons (Fsp3) is 0.0588. The Morgan fingerprint density at radius 3 is 1.58 bits per heavy atom. The Morgan fingerprint density at radius 1 is 0.404 bits per heavy atom. The first-order chi connectivity index (χ1) is 25.6. The predicted molar refractivity (Wildman–Crippen MR) is 226 cm³/mol. The average Bonchev–Trinajstić information content (AvgIpc) is 3.68. The summed E-state index contributed by atoms with van der Waals surface area (Å²) in [7, 11) is 0. The molecule has 1 aliphatic carbocycles. The van der Waals surface area contributed by atoms with Gasteiger partial charge < -0.3 is 0 Å². The molecular formula is C51H34S.